The number of urea groups is 1. The molecule has 4 rings (SSSR count). The first-order chi connectivity index (χ1) is 14.0. The van der Waals surface area contributed by atoms with E-state index in [1.807, 2.05) is 42.7 Å². The lowest BCUT2D eigenvalue weighted by Crippen LogP contribution is -2.61. The van der Waals surface area contributed by atoms with E-state index in [0.29, 0.717) is 25.4 Å². The highest BCUT2D eigenvalue weighted by molar-refractivity contribution is 5.76. The van der Waals surface area contributed by atoms with Crippen LogP contribution < -0.4 is 15.0 Å². The Kier molecular flexibility index (Phi) is 5.30. The molecule has 0 spiro atoms. The predicted molar refractivity (Wildman–Crippen MR) is 110 cm³/mol. The minimum absolute atomic E-state index is 0.0525. The molecule has 2 aliphatic heterocycles. The van der Waals surface area contributed by atoms with Gasteiger partial charge in [0.15, 0.2) is 5.82 Å². The number of carbonyl (C=O) groups excluding carboxylic acids is 1. The first-order valence-electron chi connectivity index (χ1n) is 10.1. The Balaban J connectivity index is 1.46. The fourth-order valence-electron chi connectivity index (χ4n) is 4.54. The number of halogens is 1. The van der Waals surface area contributed by atoms with E-state index < -0.39 is 0 Å². The van der Waals surface area contributed by atoms with Crippen molar-refractivity contribution >= 4 is 11.7 Å². The van der Waals surface area contributed by atoms with Gasteiger partial charge in [-0.3, -0.25) is 4.98 Å². The molecule has 154 valence electrons. The van der Waals surface area contributed by atoms with E-state index in [-0.39, 0.29) is 30.0 Å². The summed E-state index contributed by atoms with van der Waals surface area (Å²) in [5.74, 6) is 0.580. The number of amides is 2. The average Bonchev–Trinajstić information content (AvgIpc) is 3.16. The van der Waals surface area contributed by atoms with Crippen molar-refractivity contribution in [3.63, 3.8) is 0 Å². The van der Waals surface area contributed by atoms with Gasteiger partial charge in [0.2, 0.25) is 0 Å². The van der Waals surface area contributed by atoms with Gasteiger partial charge in [-0.2, -0.15) is 0 Å². The second-order valence-corrected chi connectivity index (χ2v) is 7.93. The summed E-state index contributed by atoms with van der Waals surface area (Å²) in [7, 11) is 0. The van der Waals surface area contributed by atoms with Crippen molar-refractivity contribution < 1.29 is 13.9 Å². The number of fused-ring (bicyclic) bond motifs is 1. The van der Waals surface area contributed by atoms with Gasteiger partial charge < -0.3 is 19.9 Å². The molecular weight excluding hydrogens is 371 g/mol. The Morgan fingerprint density at radius 2 is 2.03 bits per heavy atom. The highest BCUT2D eigenvalue weighted by Crippen LogP contribution is 2.32. The number of anilines is 1. The maximum atomic E-state index is 14.1. The number of pyridine rings is 1. The highest BCUT2D eigenvalue weighted by Gasteiger charge is 2.34. The van der Waals surface area contributed by atoms with E-state index in [2.05, 4.69) is 16.4 Å². The summed E-state index contributed by atoms with van der Waals surface area (Å²) in [5, 5.41) is 3.15. The maximum absolute atomic E-state index is 14.1. The minimum atomic E-state index is -0.335. The molecule has 3 heterocycles. The van der Waals surface area contributed by atoms with Crippen molar-refractivity contribution in [3.05, 3.63) is 53.6 Å². The summed E-state index contributed by atoms with van der Waals surface area (Å²) in [6.07, 6.45) is 3.69. The fraction of sp³-hybridized carbons (Fsp3) is 0.455. The van der Waals surface area contributed by atoms with Crippen molar-refractivity contribution in [2.75, 3.05) is 24.6 Å². The number of hydrogen-bond acceptors (Lipinski definition) is 4. The Bertz CT molecular complexity index is 894. The lowest BCUT2D eigenvalue weighted by Gasteiger charge is -2.45. The smallest absolute Gasteiger partial charge is 0.318 e. The number of carbonyl (C=O) groups is 1. The van der Waals surface area contributed by atoms with Crippen LogP contribution in [0.4, 0.5) is 14.9 Å². The Labute approximate surface area is 170 Å². The third-order valence-corrected chi connectivity index (χ3v) is 5.83. The summed E-state index contributed by atoms with van der Waals surface area (Å²) >= 11 is 0. The predicted octanol–water partition coefficient (Wildman–Crippen LogP) is 3.53. The summed E-state index contributed by atoms with van der Waals surface area (Å²) in [6, 6.07) is 7.36. The molecule has 1 saturated heterocycles. The molecule has 1 aromatic carbocycles. The largest absolute Gasteiger partial charge is 0.493 e. The van der Waals surface area contributed by atoms with Crippen LogP contribution in [0.1, 0.15) is 37.9 Å². The van der Waals surface area contributed by atoms with Crippen LogP contribution in [0.15, 0.2) is 36.7 Å². The number of ether oxygens (including phenoxy) is 1. The molecule has 1 N–H and O–H groups in total. The molecule has 7 heteroatoms. The molecule has 2 aliphatic rings. The van der Waals surface area contributed by atoms with Crippen LogP contribution in [0.3, 0.4) is 0 Å². The molecule has 0 bridgehead atoms. The SMILES string of the molecule is CC(NC(=O)N1[C@H](C)CN(c2ccncc2F)C[C@H]1C)c1cccc2c1CCO2. The van der Waals surface area contributed by atoms with Gasteiger partial charge in [0.25, 0.3) is 0 Å². The molecule has 29 heavy (non-hydrogen) atoms. The topological polar surface area (TPSA) is 57.7 Å². The summed E-state index contributed by atoms with van der Waals surface area (Å²) in [6.45, 7) is 7.84. The van der Waals surface area contributed by atoms with Gasteiger partial charge in [0.05, 0.1) is 24.5 Å². The van der Waals surface area contributed by atoms with Crippen molar-refractivity contribution in [2.45, 2.75) is 45.3 Å². The van der Waals surface area contributed by atoms with Crippen LogP contribution in [0.25, 0.3) is 0 Å². The second kappa shape index (κ2) is 7.89. The Morgan fingerprint density at radius 1 is 1.28 bits per heavy atom. The van der Waals surface area contributed by atoms with E-state index in [9.17, 15) is 9.18 Å². The fourth-order valence-corrected chi connectivity index (χ4v) is 4.54. The van der Waals surface area contributed by atoms with Crippen LogP contribution in [0, 0.1) is 5.82 Å². The molecule has 6 nitrogen and oxygen atoms in total. The van der Waals surface area contributed by atoms with Gasteiger partial charge in [-0.15, -0.1) is 0 Å². The Morgan fingerprint density at radius 3 is 2.76 bits per heavy atom. The standard InChI is InChI=1S/C22H27FN4O2/c1-14-12-26(20-7-9-24-11-19(20)23)13-15(2)27(14)22(28)25-16(3)17-5-4-6-21-18(17)8-10-29-21/h4-7,9,11,14-16H,8,10,12-13H2,1-3H3,(H,25,28)/t14-,15-,16?/m1/s1. The second-order valence-electron chi connectivity index (χ2n) is 7.93. The van der Waals surface area contributed by atoms with E-state index >= 15 is 0 Å². The zero-order chi connectivity index (χ0) is 20.5. The molecule has 0 saturated carbocycles. The van der Waals surface area contributed by atoms with Gasteiger partial charge in [0, 0.05) is 43.4 Å². The van der Waals surface area contributed by atoms with Crippen LogP contribution >= 0.6 is 0 Å². The van der Waals surface area contributed by atoms with E-state index in [1.54, 1.807) is 12.3 Å². The van der Waals surface area contributed by atoms with Gasteiger partial charge in [-0.25, -0.2) is 9.18 Å². The number of benzene rings is 1. The molecule has 2 amide bonds. The molecule has 1 fully saturated rings. The summed E-state index contributed by atoms with van der Waals surface area (Å²) in [4.78, 5) is 20.8. The molecule has 1 unspecified atom stereocenters. The van der Waals surface area contributed by atoms with E-state index in [4.69, 9.17) is 4.74 Å². The van der Waals surface area contributed by atoms with E-state index in [0.717, 1.165) is 17.7 Å². The molecule has 2 aromatic rings. The van der Waals surface area contributed by atoms with Crippen molar-refractivity contribution in [3.8, 4) is 5.75 Å². The highest BCUT2D eigenvalue weighted by atomic mass is 19.1. The average molecular weight is 398 g/mol. The lowest BCUT2D eigenvalue weighted by atomic mass is 9.99. The third-order valence-electron chi connectivity index (χ3n) is 5.83. The van der Waals surface area contributed by atoms with Crippen LogP contribution in [-0.4, -0.2) is 47.7 Å². The zero-order valence-electron chi connectivity index (χ0n) is 17.1. The number of hydrogen-bond donors (Lipinski definition) is 1. The van der Waals surface area contributed by atoms with E-state index in [1.165, 1.54) is 11.8 Å². The molecule has 0 radical (unpaired) electrons. The van der Waals surface area contributed by atoms with Gasteiger partial charge >= 0.3 is 6.03 Å². The zero-order valence-corrected chi connectivity index (χ0v) is 17.1. The summed E-state index contributed by atoms with van der Waals surface area (Å²) < 4.78 is 19.8. The van der Waals surface area contributed by atoms with Crippen LogP contribution in [0.2, 0.25) is 0 Å². The third kappa shape index (κ3) is 3.73. The quantitative estimate of drug-likeness (QED) is 0.860. The Hall–Kier alpha value is -2.83. The molecule has 0 aliphatic carbocycles. The monoisotopic (exact) mass is 398 g/mol. The van der Waals surface area contributed by atoms with Gasteiger partial charge in [0.1, 0.15) is 5.75 Å². The summed E-state index contributed by atoms with van der Waals surface area (Å²) in [5.41, 5.74) is 2.82. The number of piperazine rings is 1. The first-order valence-corrected chi connectivity index (χ1v) is 10.1. The molecule has 1 aromatic heterocycles. The van der Waals surface area contributed by atoms with Crippen LogP contribution in [-0.2, 0) is 6.42 Å². The number of nitrogens with one attached hydrogen (secondary N) is 1. The molecule has 3 atom stereocenters. The maximum Gasteiger partial charge on any atom is 0.318 e. The number of aromatic nitrogens is 1. The first kappa shape index (κ1) is 19.5. The van der Waals surface area contributed by atoms with Crippen molar-refractivity contribution in [1.29, 1.82) is 0 Å². The van der Waals surface area contributed by atoms with Crippen molar-refractivity contribution in [1.82, 2.24) is 15.2 Å². The minimum Gasteiger partial charge on any atom is -0.493 e. The van der Waals surface area contributed by atoms with Gasteiger partial charge in [-0.05, 0) is 38.5 Å². The lowest BCUT2D eigenvalue weighted by molar-refractivity contribution is 0.139. The normalized spacial score (nSPS) is 22.1. The molecular formula is C22H27FN4O2. The number of nitrogens with zero attached hydrogens (tertiary/aromatic N) is 3. The number of rotatable bonds is 3. The van der Waals surface area contributed by atoms with Crippen LogP contribution in [0.5, 0.6) is 5.75 Å². The van der Waals surface area contributed by atoms with Gasteiger partial charge in [-0.1, -0.05) is 12.1 Å². The van der Waals surface area contributed by atoms with Crippen molar-refractivity contribution in [2.24, 2.45) is 0 Å².